The predicted octanol–water partition coefficient (Wildman–Crippen LogP) is 4.55. The zero-order chi connectivity index (χ0) is 19.8. The molecule has 0 aliphatic heterocycles. The van der Waals surface area contributed by atoms with Crippen molar-refractivity contribution in [3.63, 3.8) is 0 Å². The zero-order valence-corrected chi connectivity index (χ0v) is 16.2. The highest BCUT2D eigenvalue weighted by Gasteiger charge is 2.22. The highest BCUT2D eigenvalue weighted by Crippen LogP contribution is 2.26. The van der Waals surface area contributed by atoms with Crippen LogP contribution in [0.25, 0.3) is 16.9 Å². The summed E-state index contributed by atoms with van der Waals surface area (Å²) in [5, 5.41) is 0.570. The van der Waals surface area contributed by atoms with E-state index in [4.69, 9.17) is 16.6 Å². The Labute approximate surface area is 166 Å². The Kier molecular flexibility index (Phi) is 4.73. The summed E-state index contributed by atoms with van der Waals surface area (Å²) in [5.41, 5.74) is 1.92. The molecule has 2 aromatic carbocycles. The highest BCUT2D eigenvalue weighted by molar-refractivity contribution is 6.30. The first-order valence-electron chi connectivity index (χ1n) is 8.98. The average Bonchev–Trinajstić information content (AvgIpc) is 3.11. The third-order valence-electron chi connectivity index (χ3n) is 4.83. The number of fused-ring (bicyclic) bond motifs is 1. The molecular weight excluding hydrogens is 379 g/mol. The van der Waals surface area contributed by atoms with Crippen LogP contribution >= 0.6 is 11.6 Å². The van der Waals surface area contributed by atoms with Crippen LogP contribution in [0.2, 0.25) is 5.02 Å². The molecule has 7 heteroatoms. The first kappa shape index (κ1) is 18.4. The van der Waals surface area contributed by atoms with Crippen LogP contribution in [0.5, 0.6) is 0 Å². The lowest BCUT2D eigenvalue weighted by Crippen LogP contribution is -2.26. The van der Waals surface area contributed by atoms with Crippen LogP contribution in [0.15, 0.2) is 59.7 Å². The number of hydrogen-bond donors (Lipinski definition) is 0. The molecule has 0 aliphatic rings. The first-order valence-corrected chi connectivity index (χ1v) is 9.36. The summed E-state index contributed by atoms with van der Waals surface area (Å²) in [6, 6.07) is 13.3. The van der Waals surface area contributed by atoms with Gasteiger partial charge < -0.3 is 4.57 Å². The summed E-state index contributed by atoms with van der Waals surface area (Å²) in [6.45, 7) is 4.51. The van der Waals surface area contributed by atoms with Crippen molar-refractivity contribution in [3.8, 4) is 5.69 Å². The standard InChI is InChI=1S/C21H18ClFN4O/c1-3-26-12-24-18-20(26)25-19(13(2)14-5-4-6-16(23)11-14)27(21(18)28)17-9-7-15(22)8-10-17/h4-13H,3H2,1-2H3. The minimum absolute atomic E-state index is 0.266. The molecule has 0 spiro atoms. The molecule has 4 rings (SSSR count). The maximum absolute atomic E-state index is 13.8. The quantitative estimate of drug-likeness (QED) is 0.508. The molecule has 1 atom stereocenters. The number of imidazole rings is 1. The van der Waals surface area contributed by atoms with Gasteiger partial charge in [-0.25, -0.2) is 14.4 Å². The van der Waals surface area contributed by atoms with E-state index in [9.17, 15) is 9.18 Å². The molecule has 5 nitrogen and oxygen atoms in total. The number of rotatable bonds is 4. The van der Waals surface area contributed by atoms with E-state index in [1.807, 2.05) is 24.5 Å². The second kappa shape index (κ2) is 7.20. The van der Waals surface area contributed by atoms with E-state index in [1.54, 1.807) is 36.7 Å². The molecule has 0 radical (unpaired) electrons. The maximum atomic E-state index is 13.8. The van der Waals surface area contributed by atoms with Gasteiger partial charge >= 0.3 is 0 Å². The second-order valence-corrected chi connectivity index (χ2v) is 7.00. The van der Waals surface area contributed by atoms with Gasteiger partial charge in [0.05, 0.1) is 12.0 Å². The largest absolute Gasteiger partial charge is 0.315 e. The Morgan fingerprint density at radius 3 is 2.61 bits per heavy atom. The Bertz CT molecular complexity index is 1210. The van der Waals surface area contributed by atoms with Crippen LogP contribution in [0.1, 0.15) is 31.2 Å². The summed E-state index contributed by atoms with van der Waals surface area (Å²) < 4.78 is 17.1. The molecule has 0 amide bonds. The van der Waals surface area contributed by atoms with E-state index in [0.717, 1.165) is 5.56 Å². The van der Waals surface area contributed by atoms with Gasteiger partial charge in [0.2, 0.25) is 0 Å². The van der Waals surface area contributed by atoms with Crippen LogP contribution in [0.4, 0.5) is 4.39 Å². The third kappa shape index (κ3) is 3.10. The molecular formula is C21H18ClFN4O. The number of benzene rings is 2. The van der Waals surface area contributed by atoms with E-state index in [0.29, 0.717) is 34.2 Å². The zero-order valence-electron chi connectivity index (χ0n) is 15.4. The van der Waals surface area contributed by atoms with Crippen LogP contribution in [0, 0.1) is 5.82 Å². The number of aromatic nitrogens is 4. The number of halogens is 2. The molecule has 0 fully saturated rings. The summed E-state index contributed by atoms with van der Waals surface area (Å²) in [6.07, 6.45) is 1.61. The molecule has 2 aromatic heterocycles. The van der Waals surface area contributed by atoms with Crippen molar-refractivity contribution in [1.29, 1.82) is 0 Å². The van der Waals surface area contributed by atoms with Gasteiger partial charge in [-0.3, -0.25) is 9.36 Å². The van der Waals surface area contributed by atoms with Gasteiger partial charge in [-0.05, 0) is 48.9 Å². The van der Waals surface area contributed by atoms with Gasteiger partial charge in [-0.15, -0.1) is 0 Å². The highest BCUT2D eigenvalue weighted by atomic mass is 35.5. The van der Waals surface area contributed by atoms with Crippen molar-refractivity contribution in [2.75, 3.05) is 0 Å². The molecule has 4 aromatic rings. The van der Waals surface area contributed by atoms with Crippen molar-refractivity contribution in [2.45, 2.75) is 26.3 Å². The molecule has 1 unspecified atom stereocenters. The number of nitrogens with zero attached hydrogens (tertiary/aromatic N) is 4. The van der Waals surface area contributed by atoms with Crippen LogP contribution in [0.3, 0.4) is 0 Å². The van der Waals surface area contributed by atoms with Gasteiger partial charge in [0, 0.05) is 17.5 Å². The SMILES string of the molecule is CCn1cnc2c(=O)n(-c3ccc(Cl)cc3)c(C(C)c3cccc(F)c3)nc21. The minimum Gasteiger partial charge on any atom is -0.315 e. The third-order valence-corrected chi connectivity index (χ3v) is 5.08. The first-order chi connectivity index (χ1) is 13.5. The fourth-order valence-corrected chi connectivity index (χ4v) is 3.42. The Hall–Kier alpha value is -2.99. The van der Waals surface area contributed by atoms with Gasteiger partial charge in [0.1, 0.15) is 11.6 Å². The van der Waals surface area contributed by atoms with Crippen LogP contribution in [-0.4, -0.2) is 19.1 Å². The predicted molar refractivity (Wildman–Crippen MR) is 108 cm³/mol. The maximum Gasteiger partial charge on any atom is 0.286 e. The normalized spacial score (nSPS) is 12.4. The van der Waals surface area contributed by atoms with E-state index in [1.165, 1.54) is 16.7 Å². The Balaban J connectivity index is 2.02. The van der Waals surface area contributed by atoms with E-state index in [-0.39, 0.29) is 17.3 Å². The molecule has 142 valence electrons. The van der Waals surface area contributed by atoms with Gasteiger partial charge in [-0.1, -0.05) is 30.7 Å². The van der Waals surface area contributed by atoms with E-state index < -0.39 is 0 Å². The van der Waals surface area contributed by atoms with Crippen molar-refractivity contribution >= 4 is 22.8 Å². The number of hydrogen-bond acceptors (Lipinski definition) is 3. The molecule has 0 saturated heterocycles. The number of aryl methyl sites for hydroxylation is 1. The Morgan fingerprint density at radius 2 is 1.93 bits per heavy atom. The summed E-state index contributed by atoms with van der Waals surface area (Å²) in [5.74, 6) is -0.131. The topological polar surface area (TPSA) is 52.7 Å². The van der Waals surface area contributed by atoms with E-state index in [2.05, 4.69) is 4.98 Å². The van der Waals surface area contributed by atoms with Crippen molar-refractivity contribution in [2.24, 2.45) is 0 Å². The monoisotopic (exact) mass is 396 g/mol. The molecule has 2 heterocycles. The summed E-state index contributed by atoms with van der Waals surface area (Å²) in [4.78, 5) is 22.3. The van der Waals surface area contributed by atoms with Gasteiger partial charge in [0.25, 0.3) is 5.56 Å². The minimum atomic E-state index is -0.329. The second-order valence-electron chi connectivity index (χ2n) is 6.57. The molecule has 0 N–H and O–H groups in total. The van der Waals surface area contributed by atoms with Gasteiger partial charge in [-0.2, -0.15) is 0 Å². The lowest BCUT2D eigenvalue weighted by Gasteiger charge is -2.18. The molecule has 28 heavy (non-hydrogen) atoms. The van der Waals surface area contributed by atoms with Crippen LogP contribution < -0.4 is 5.56 Å². The smallest absolute Gasteiger partial charge is 0.286 e. The molecule has 0 bridgehead atoms. The van der Waals surface area contributed by atoms with E-state index >= 15 is 0 Å². The summed E-state index contributed by atoms with van der Waals surface area (Å²) >= 11 is 6.01. The lowest BCUT2D eigenvalue weighted by atomic mass is 9.99. The molecule has 0 aliphatic carbocycles. The summed E-state index contributed by atoms with van der Waals surface area (Å²) in [7, 11) is 0. The van der Waals surface area contributed by atoms with Crippen molar-refractivity contribution in [1.82, 2.24) is 19.1 Å². The average molecular weight is 397 g/mol. The fourth-order valence-electron chi connectivity index (χ4n) is 3.30. The van der Waals surface area contributed by atoms with Crippen molar-refractivity contribution in [3.05, 3.63) is 87.4 Å². The molecule has 0 saturated carbocycles. The van der Waals surface area contributed by atoms with Crippen LogP contribution in [-0.2, 0) is 6.54 Å². The van der Waals surface area contributed by atoms with Gasteiger partial charge in [0.15, 0.2) is 11.2 Å². The lowest BCUT2D eigenvalue weighted by molar-refractivity contribution is 0.622. The Morgan fingerprint density at radius 1 is 1.18 bits per heavy atom. The fraction of sp³-hybridized carbons (Fsp3) is 0.190. The van der Waals surface area contributed by atoms with Crippen molar-refractivity contribution < 1.29 is 4.39 Å².